The summed E-state index contributed by atoms with van der Waals surface area (Å²) in [6, 6.07) is 7.17. The van der Waals surface area contributed by atoms with Crippen LogP contribution in [0.5, 0.6) is 0 Å². The lowest BCUT2D eigenvalue weighted by atomic mass is 10.1. The number of carbonyl (C=O) groups is 1. The van der Waals surface area contributed by atoms with E-state index in [0.29, 0.717) is 18.7 Å². The first-order valence-electron chi connectivity index (χ1n) is 7.25. The highest BCUT2D eigenvalue weighted by Crippen LogP contribution is 2.21. The van der Waals surface area contributed by atoms with E-state index in [1.807, 2.05) is 0 Å². The van der Waals surface area contributed by atoms with Gasteiger partial charge in [0.05, 0.1) is 11.9 Å². The van der Waals surface area contributed by atoms with Crippen LogP contribution in [0.15, 0.2) is 30.5 Å². The molecular formula is C16H21FN2O2Si. The number of imidazole rings is 1. The van der Waals surface area contributed by atoms with Gasteiger partial charge in [0.15, 0.2) is 12.1 Å². The molecule has 0 aliphatic heterocycles. The minimum atomic E-state index is -1.15. The van der Waals surface area contributed by atoms with Crippen molar-refractivity contribution in [1.82, 2.24) is 9.55 Å². The van der Waals surface area contributed by atoms with Gasteiger partial charge in [-0.1, -0.05) is 19.6 Å². The highest BCUT2D eigenvalue weighted by atomic mass is 28.3. The molecule has 4 nitrogen and oxygen atoms in total. The van der Waals surface area contributed by atoms with Crippen molar-refractivity contribution < 1.29 is 13.9 Å². The van der Waals surface area contributed by atoms with Gasteiger partial charge in [-0.15, -0.1) is 0 Å². The molecule has 0 aliphatic carbocycles. The molecule has 118 valence electrons. The van der Waals surface area contributed by atoms with Crippen LogP contribution in [-0.2, 0) is 11.5 Å². The topological polar surface area (TPSA) is 44.1 Å². The number of hydrogen-bond donors (Lipinski definition) is 0. The Hall–Kier alpha value is -1.79. The molecule has 2 aromatic rings. The van der Waals surface area contributed by atoms with Crippen LogP contribution in [0.1, 0.15) is 10.6 Å². The van der Waals surface area contributed by atoms with Crippen LogP contribution in [0.4, 0.5) is 4.39 Å². The fraction of sp³-hybridized carbons (Fsp3) is 0.375. The first kappa shape index (κ1) is 16.6. The molecular weight excluding hydrogens is 299 g/mol. The largest absolute Gasteiger partial charge is 0.361 e. The fourth-order valence-corrected chi connectivity index (χ4v) is 2.76. The summed E-state index contributed by atoms with van der Waals surface area (Å²) < 4.78 is 20.5. The number of ether oxygens (including phenoxy) is 1. The van der Waals surface area contributed by atoms with E-state index in [2.05, 4.69) is 24.6 Å². The fourth-order valence-electron chi connectivity index (χ4n) is 2.01. The molecule has 1 heterocycles. The summed E-state index contributed by atoms with van der Waals surface area (Å²) in [5.41, 5.74) is 1.55. The minimum absolute atomic E-state index is 0.269. The third-order valence-electron chi connectivity index (χ3n) is 3.35. The quantitative estimate of drug-likeness (QED) is 0.442. The molecule has 1 aromatic heterocycles. The number of hydrogen-bond acceptors (Lipinski definition) is 3. The zero-order chi connectivity index (χ0) is 16.2. The number of carbonyl (C=O) groups excluding carboxylic acids is 1. The van der Waals surface area contributed by atoms with Crippen LogP contribution in [0.2, 0.25) is 25.7 Å². The molecule has 0 saturated carbocycles. The van der Waals surface area contributed by atoms with Gasteiger partial charge >= 0.3 is 0 Å². The van der Waals surface area contributed by atoms with E-state index in [1.54, 1.807) is 22.9 Å². The number of halogens is 1. The lowest BCUT2D eigenvalue weighted by Gasteiger charge is -2.16. The summed E-state index contributed by atoms with van der Waals surface area (Å²) in [5.74, 6) is 0.0177. The zero-order valence-electron chi connectivity index (χ0n) is 13.2. The average Bonchev–Trinajstić information content (AvgIpc) is 2.86. The van der Waals surface area contributed by atoms with Crippen LogP contribution in [-0.4, -0.2) is 30.5 Å². The Morgan fingerprint density at radius 2 is 1.95 bits per heavy atom. The maximum atomic E-state index is 13.0. The Morgan fingerprint density at radius 1 is 1.27 bits per heavy atom. The van der Waals surface area contributed by atoms with Crippen LogP contribution < -0.4 is 0 Å². The summed E-state index contributed by atoms with van der Waals surface area (Å²) in [4.78, 5) is 15.2. The third kappa shape index (κ3) is 4.35. The monoisotopic (exact) mass is 320 g/mol. The molecule has 0 spiro atoms. The highest BCUT2D eigenvalue weighted by molar-refractivity contribution is 6.76. The Kier molecular flexibility index (Phi) is 5.26. The van der Waals surface area contributed by atoms with Crippen molar-refractivity contribution in [2.75, 3.05) is 6.61 Å². The summed E-state index contributed by atoms with van der Waals surface area (Å²) in [6.45, 7) is 7.79. The molecule has 1 aromatic carbocycles. The molecule has 0 radical (unpaired) electrons. The molecule has 0 fully saturated rings. The standard InChI is InChI=1S/C16H21FN2O2Si/c1-22(2,3)9-8-21-12-19-15(10-18-16(19)11-20)13-4-6-14(17)7-5-13/h4-7,10-11H,8-9,12H2,1-3H3. The summed E-state index contributed by atoms with van der Waals surface area (Å²) in [5, 5.41) is 0. The van der Waals surface area contributed by atoms with Crippen molar-refractivity contribution in [2.24, 2.45) is 0 Å². The van der Waals surface area contributed by atoms with E-state index < -0.39 is 8.07 Å². The number of nitrogens with zero attached hydrogens (tertiary/aromatic N) is 2. The van der Waals surface area contributed by atoms with Gasteiger partial charge < -0.3 is 4.74 Å². The molecule has 22 heavy (non-hydrogen) atoms. The first-order chi connectivity index (χ1) is 10.4. The average molecular weight is 320 g/mol. The van der Waals surface area contributed by atoms with Crippen molar-refractivity contribution in [3.05, 3.63) is 42.1 Å². The summed E-state index contributed by atoms with van der Waals surface area (Å²) in [6.07, 6.45) is 2.31. The predicted molar refractivity (Wildman–Crippen MR) is 87.1 cm³/mol. The predicted octanol–water partition coefficient (Wildman–Crippen LogP) is 3.81. The first-order valence-corrected chi connectivity index (χ1v) is 11.0. The Bertz CT molecular complexity index is 633. The van der Waals surface area contributed by atoms with Crippen molar-refractivity contribution in [3.8, 4) is 11.3 Å². The van der Waals surface area contributed by atoms with Crippen LogP contribution in [0.3, 0.4) is 0 Å². The molecule has 0 unspecified atom stereocenters. The van der Waals surface area contributed by atoms with Gasteiger partial charge in [-0.3, -0.25) is 9.36 Å². The second-order valence-corrected chi connectivity index (χ2v) is 12.0. The molecule has 2 rings (SSSR count). The lowest BCUT2D eigenvalue weighted by molar-refractivity contribution is 0.0841. The van der Waals surface area contributed by atoms with Gasteiger partial charge in [0, 0.05) is 20.2 Å². The molecule has 0 N–H and O–H groups in total. The molecule has 0 bridgehead atoms. The number of benzene rings is 1. The van der Waals surface area contributed by atoms with E-state index in [-0.39, 0.29) is 12.5 Å². The molecule has 6 heteroatoms. The normalized spacial score (nSPS) is 11.6. The second-order valence-electron chi connectivity index (χ2n) is 6.40. The van der Waals surface area contributed by atoms with E-state index >= 15 is 0 Å². The minimum Gasteiger partial charge on any atom is -0.361 e. The molecule has 0 atom stereocenters. The lowest BCUT2D eigenvalue weighted by Crippen LogP contribution is -2.22. The van der Waals surface area contributed by atoms with Crippen molar-refractivity contribution in [2.45, 2.75) is 32.4 Å². The maximum Gasteiger partial charge on any atom is 0.185 e. The van der Waals surface area contributed by atoms with E-state index in [4.69, 9.17) is 4.74 Å². The van der Waals surface area contributed by atoms with E-state index in [0.717, 1.165) is 17.3 Å². The number of aromatic nitrogens is 2. The van der Waals surface area contributed by atoms with E-state index in [9.17, 15) is 9.18 Å². The number of aldehydes is 1. The Labute approximate surface area is 131 Å². The van der Waals surface area contributed by atoms with Gasteiger partial charge in [-0.05, 0) is 30.3 Å². The zero-order valence-corrected chi connectivity index (χ0v) is 14.2. The van der Waals surface area contributed by atoms with Gasteiger partial charge in [-0.25, -0.2) is 9.37 Å². The van der Waals surface area contributed by atoms with E-state index in [1.165, 1.54) is 12.1 Å². The van der Waals surface area contributed by atoms with Crippen molar-refractivity contribution in [1.29, 1.82) is 0 Å². The maximum absolute atomic E-state index is 13.0. The van der Waals surface area contributed by atoms with Crippen molar-refractivity contribution >= 4 is 14.4 Å². The smallest absolute Gasteiger partial charge is 0.185 e. The van der Waals surface area contributed by atoms with Gasteiger partial charge in [-0.2, -0.15) is 0 Å². The van der Waals surface area contributed by atoms with Crippen LogP contribution in [0, 0.1) is 5.82 Å². The summed E-state index contributed by atoms with van der Waals surface area (Å²) >= 11 is 0. The highest BCUT2D eigenvalue weighted by Gasteiger charge is 2.14. The molecule has 0 aliphatic rings. The van der Waals surface area contributed by atoms with Crippen LogP contribution >= 0.6 is 0 Å². The van der Waals surface area contributed by atoms with Gasteiger partial charge in [0.2, 0.25) is 0 Å². The SMILES string of the molecule is C[Si](C)(C)CCOCn1c(-c2ccc(F)cc2)cnc1C=O. The third-order valence-corrected chi connectivity index (χ3v) is 5.05. The van der Waals surface area contributed by atoms with Crippen molar-refractivity contribution in [3.63, 3.8) is 0 Å². The van der Waals surface area contributed by atoms with Gasteiger partial charge in [0.25, 0.3) is 0 Å². The summed E-state index contributed by atoms with van der Waals surface area (Å²) in [7, 11) is -1.15. The number of rotatable bonds is 7. The van der Waals surface area contributed by atoms with Crippen LogP contribution in [0.25, 0.3) is 11.3 Å². The molecule has 0 amide bonds. The van der Waals surface area contributed by atoms with Gasteiger partial charge in [0.1, 0.15) is 12.5 Å². The Morgan fingerprint density at radius 3 is 2.55 bits per heavy atom. The Balaban J connectivity index is 2.13. The second kappa shape index (κ2) is 6.98. The molecule has 0 saturated heterocycles.